The van der Waals surface area contributed by atoms with Crippen LogP contribution in [-0.4, -0.2) is 23.6 Å². The van der Waals surface area contributed by atoms with Gasteiger partial charge in [-0.3, -0.25) is 4.79 Å². The Morgan fingerprint density at radius 1 is 1.47 bits per heavy atom. The predicted octanol–water partition coefficient (Wildman–Crippen LogP) is 1.12. The molecule has 1 saturated carbocycles. The summed E-state index contributed by atoms with van der Waals surface area (Å²) in [6, 6.07) is 2.12. The number of amides is 1. The summed E-state index contributed by atoms with van der Waals surface area (Å²) >= 11 is 0. The van der Waals surface area contributed by atoms with Crippen molar-refractivity contribution in [2.24, 2.45) is 5.92 Å². The van der Waals surface area contributed by atoms with E-state index in [0.29, 0.717) is 5.92 Å². The maximum atomic E-state index is 11.3. The van der Waals surface area contributed by atoms with Gasteiger partial charge in [-0.15, -0.1) is 0 Å². The first-order valence-electron chi connectivity index (χ1n) is 6.42. The van der Waals surface area contributed by atoms with E-state index in [4.69, 9.17) is 0 Å². The Hall–Kier alpha value is -1.29. The van der Waals surface area contributed by atoms with Crippen molar-refractivity contribution in [2.45, 2.75) is 32.9 Å². The minimum absolute atomic E-state index is 0.226. The Kier molecular flexibility index (Phi) is 4.20. The largest absolute Gasteiger partial charge is 0.355 e. The average Bonchev–Trinajstić information content (AvgIpc) is 3.09. The molecule has 1 heterocycles. The lowest BCUT2D eigenvalue weighted by molar-refractivity contribution is -0.122. The minimum Gasteiger partial charge on any atom is -0.355 e. The Labute approximate surface area is 102 Å². The molecule has 17 heavy (non-hydrogen) atoms. The summed E-state index contributed by atoms with van der Waals surface area (Å²) in [4.78, 5) is 11.3. The molecule has 0 unspecified atom stereocenters. The monoisotopic (exact) mass is 235 g/mol. The molecule has 0 atom stereocenters. The minimum atomic E-state index is 0.226. The number of carbonyl (C=O) groups is 1. The quantitative estimate of drug-likeness (QED) is 0.696. The second-order valence-electron chi connectivity index (χ2n) is 4.59. The van der Waals surface area contributed by atoms with Gasteiger partial charge in [0.15, 0.2) is 0 Å². The summed E-state index contributed by atoms with van der Waals surface area (Å²) in [6.45, 7) is 5.56. The Bertz CT molecular complexity index is 368. The summed E-state index contributed by atoms with van der Waals surface area (Å²) in [5, 5.41) is 6.27. The van der Waals surface area contributed by atoms with E-state index >= 15 is 0 Å². The highest BCUT2D eigenvalue weighted by Crippen LogP contribution is 2.28. The van der Waals surface area contributed by atoms with Crippen molar-refractivity contribution in [3.63, 3.8) is 0 Å². The van der Waals surface area contributed by atoms with Gasteiger partial charge in [0.05, 0.1) is 0 Å². The summed E-state index contributed by atoms with van der Waals surface area (Å²) in [7, 11) is 0. The van der Waals surface area contributed by atoms with Crippen LogP contribution in [0.3, 0.4) is 0 Å². The van der Waals surface area contributed by atoms with Gasteiger partial charge in [-0.1, -0.05) is 0 Å². The molecule has 0 aliphatic heterocycles. The van der Waals surface area contributed by atoms with E-state index < -0.39 is 0 Å². The first kappa shape index (κ1) is 12.2. The van der Waals surface area contributed by atoms with Gasteiger partial charge in [0.2, 0.25) is 5.91 Å². The zero-order chi connectivity index (χ0) is 12.1. The lowest BCUT2D eigenvalue weighted by atomic mass is 10.3. The molecule has 0 bridgehead atoms. The maximum absolute atomic E-state index is 11.3. The number of hydrogen-bond acceptors (Lipinski definition) is 2. The summed E-state index contributed by atoms with van der Waals surface area (Å²) in [5.41, 5.74) is 1.29. The molecule has 1 aromatic heterocycles. The number of aryl methyl sites for hydroxylation is 1. The standard InChI is InChI=1S/C13H21N3O/c1-2-16-8-5-11(10-16)9-14-6-7-15-13(17)12-3-4-12/h5,8,10,12,14H,2-4,6-7,9H2,1H3,(H,15,17). The Balaban J connectivity index is 1.54. The summed E-state index contributed by atoms with van der Waals surface area (Å²) in [5.74, 6) is 0.539. The third-order valence-electron chi connectivity index (χ3n) is 3.06. The third-order valence-corrected chi connectivity index (χ3v) is 3.06. The molecule has 1 amide bonds. The number of nitrogens with zero attached hydrogens (tertiary/aromatic N) is 1. The predicted molar refractivity (Wildman–Crippen MR) is 67.5 cm³/mol. The van der Waals surface area contributed by atoms with E-state index in [-0.39, 0.29) is 5.91 Å². The van der Waals surface area contributed by atoms with Crippen molar-refractivity contribution in [2.75, 3.05) is 13.1 Å². The van der Waals surface area contributed by atoms with Crippen LogP contribution in [0, 0.1) is 5.92 Å². The van der Waals surface area contributed by atoms with Crippen LogP contribution < -0.4 is 10.6 Å². The highest BCUT2D eigenvalue weighted by atomic mass is 16.2. The van der Waals surface area contributed by atoms with E-state index in [9.17, 15) is 4.79 Å². The van der Waals surface area contributed by atoms with Crippen LogP contribution in [0.15, 0.2) is 18.5 Å². The molecule has 0 saturated heterocycles. The van der Waals surface area contributed by atoms with Crippen LogP contribution >= 0.6 is 0 Å². The van der Waals surface area contributed by atoms with Gasteiger partial charge in [-0.05, 0) is 31.4 Å². The number of nitrogens with one attached hydrogen (secondary N) is 2. The number of rotatable bonds is 7. The molecule has 1 fully saturated rings. The van der Waals surface area contributed by atoms with Gasteiger partial charge in [-0.25, -0.2) is 0 Å². The molecule has 1 aromatic rings. The van der Waals surface area contributed by atoms with E-state index in [2.05, 4.69) is 40.6 Å². The fourth-order valence-corrected chi connectivity index (χ4v) is 1.79. The SMILES string of the molecule is CCn1ccc(CNCCNC(=O)C2CC2)c1. The van der Waals surface area contributed by atoms with E-state index in [1.54, 1.807) is 0 Å². The van der Waals surface area contributed by atoms with Crippen molar-refractivity contribution >= 4 is 5.91 Å². The second-order valence-corrected chi connectivity index (χ2v) is 4.59. The fraction of sp³-hybridized carbons (Fsp3) is 0.615. The smallest absolute Gasteiger partial charge is 0.223 e. The van der Waals surface area contributed by atoms with Crippen LogP contribution in [-0.2, 0) is 17.9 Å². The van der Waals surface area contributed by atoms with Crippen molar-refractivity contribution < 1.29 is 4.79 Å². The van der Waals surface area contributed by atoms with Crippen molar-refractivity contribution in [1.82, 2.24) is 15.2 Å². The molecular formula is C13H21N3O. The van der Waals surface area contributed by atoms with Gasteiger partial charge in [-0.2, -0.15) is 0 Å². The van der Waals surface area contributed by atoms with Crippen LogP contribution in [0.4, 0.5) is 0 Å². The Morgan fingerprint density at radius 3 is 2.94 bits per heavy atom. The molecule has 94 valence electrons. The van der Waals surface area contributed by atoms with Gasteiger partial charge >= 0.3 is 0 Å². The lowest BCUT2D eigenvalue weighted by Crippen LogP contribution is -2.32. The lowest BCUT2D eigenvalue weighted by Gasteiger charge is -2.05. The zero-order valence-electron chi connectivity index (χ0n) is 10.4. The number of hydrogen-bond donors (Lipinski definition) is 2. The van der Waals surface area contributed by atoms with Crippen molar-refractivity contribution in [1.29, 1.82) is 0 Å². The molecule has 1 aliphatic rings. The van der Waals surface area contributed by atoms with Crippen molar-refractivity contribution in [3.8, 4) is 0 Å². The molecule has 0 spiro atoms. The molecule has 4 heteroatoms. The first-order valence-corrected chi connectivity index (χ1v) is 6.42. The molecular weight excluding hydrogens is 214 g/mol. The van der Waals surface area contributed by atoms with Crippen molar-refractivity contribution in [3.05, 3.63) is 24.0 Å². The number of carbonyl (C=O) groups excluding carboxylic acids is 1. The zero-order valence-corrected chi connectivity index (χ0v) is 10.4. The summed E-state index contributed by atoms with van der Waals surface area (Å²) < 4.78 is 2.16. The normalized spacial score (nSPS) is 14.9. The van der Waals surface area contributed by atoms with Gasteiger partial charge in [0.25, 0.3) is 0 Å². The van der Waals surface area contributed by atoms with Gasteiger partial charge in [0, 0.05) is 44.5 Å². The average molecular weight is 235 g/mol. The van der Waals surface area contributed by atoms with Crippen LogP contribution in [0.25, 0.3) is 0 Å². The second kappa shape index (κ2) is 5.87. The highest BCUT2D eigenvalue weighted by molar-refractivity contribution is 5.80. The van der Waals surface area contributed by atoms with Gasteiger partial charge in [0.1, 0.15) is 0 Å². The molecule has 0 aromatic carbocycles. The van der Waals surface area contributed by atoms with E-state index in [1.807, 2.05) is 0 Å². The van der Waals surface area contributed by atoms with E-state index in [0.717, 1.165) is 39.0 Å². The van der Waals surface area contributed by atoms with Crippen LogP contribution in [0.5, 0.6) is 0 Å². The molecule has 0 radical (unpaired) electrons. The maximum Gasteiger partial charge on any atom is 0.223 e. The molecule has 4 nitrogen and oxygen atoms in total. The molecule has 2 rings (SSSR count). The third kappa shape index (κ3) is 3.89. The summed E-state index contributed by atoms with van der Waals surface area (Å²) in [6.07, 6.45) is 6.38. The van der Waals surface area contributed by atoms with Crippen LogP contribution in [0.2, 0.25) is 0 Å². The van der Waals surface area contributed by atoms with Crippen LogP contribution in [0.1, 0.15) is 25.3 Å². The topological polar surface area (TPSA) is 46.1 Å². The number of aromatic nitrogens is 1. The molecule has 2 N–H and O–H groups in total. The molecule has 1 aliphatic carbocycles. The van der Waals surface area contributed by atoms with Gasteiger partial charge < -0.3 is 15.2 Å². The fourth-order valence-electron chi connectivity index (χ4n) is 1.79. The van der Waals surface area contributed by atoms with E-state index in [1.165, 1.54) is 5.56 Å². The first-order chi connectivity index (χ1) is 8.29. The highest BCUT2D eigenvalue weighted by Gasteiger charge is 2.28. The Morgan fingerprint density at radius 2 is 2.29 bits per heavy atom.